The van der Waals surface area contributed by atoms with Crippen LogP contribution in [0.3, 0.4) is 0 Å². The Balaban J connectivity index is 1.70. The number of hydrogen-bond acceptors (Lipinski definition) is 2. The van der Waals surface area contributed by atoms with E-state index in [1.807, 2.05) is 12.1 Å². The van der Waals surface area contributed by atoms with Gasteiger partial charge in [0.25, 0.3) is 0 Å². The van der Waals surface area contributed by atoms with Crippen molar-refractivity contribution in [3.05, 3.63) is 70.8 Å². The topological polar surface area (TPSA) is 62.2 Å². The molecule has 0 amide bonds. The highest BCUT2D eigenvalue weighted by atomic mass is 19.3. The van der Waals surface area contributed by atoms with Crippen molar-refractivity contribution < 1.29 is 17.6 Å². The zero-order valence-electron chi connectivity index (χ0n) is 18.6. The van der Waals surface area contributed by atoms with Gasteiger partial charge in [-0.2, -0.15) is 8.78 Å². The average Bonchev–Trinajstić information content (AvgIpc) is 3.10. The minimum absolute atomic E-state index is 0.0485. The molecule has 0 atom stereocenters. The molecular weight excluding hydrogens is 442 g/mol. The van der Waals surface area contributed by atoms with Crippen LogP contribution < -0.4 is 5.73 Å². The Morgan fingerprint density at radius 1 is 1.00 bits per heavy atom. The first-order valence-corrected chi connectivity index (χ1v) is 11.5. The molecule has 3 N–H and O–H groups in total. The quantitative estimate of drug-likeness (QED) is 0.388. The van der Waals surface area contributed by atoms with E-state index in [4.69, 9.17) is 11.1 Å². The SMILES string of the molecule is N=C1N=C(N)c2c1cc1ccc(C3CCCCC3)cc1c2-c1cccc(CC(F)(F)C(F)F)c1. The summed E-state index contributed by atoms with van der Waals surface area (Å²) < 4.78 is 53.2. The van der Waals surface area contributed by atoms with Crippen LogP contribution >= 0.6 is 0 Å². The van der Waals surface area contributed by atoms with Crippen LogP contribution in [0.15, 0.2) is 53.5 Å². The van der Waals surface area contributed by atoms with E-state index in [0.717, 1.165) is 23.6 Å². The van der Waals surface area contributed by atoms with E-state index in [2.05, 4.69) is 17.1 Å². The number of alkyl halides is 4. The molecule has 0 aromatic heterocycles. The third-order valence-electron chi connectivity index (χ3n) is 6.96. The molecule has 1 aliphatic carbocycles. The van der Waals surface area contributed by atoms with Gasteiger partial charge in [0.1, 0.15) is 5.84 Å². The molecule has 1 heterocycles. The van der Waals surface area contributed by atoms with E-state index in [1.165, 1.54) is 37.0 Å². The maximum atomic E-state index is 13.8. The van der Waals surface area contributed by atoms with E-state index in [9.17, 15) is 17.6 Å². The monoisotopic (exact) mass is 467 g/mol. The Bertz CT molecular complexity index is 1310. The predicted octanol–water partition coefficient (Wildman–Crippen LogP) is 7.04. The maximum absolute atomic E-state index is 13.8. The van der Waals surface area contributed by atoms with E-state index < -0.39 is 18.8 Å². The number of halogens is 4. The molecular formula is C27H25F4N3. The van der Waals surface area contributed by atoms with Gasteiger partial charge in [0.2, 0.25) is 0 Å². The summed E-state index contributed by atoms with van der Waals surface area (Å²) in [6.45, 7) is 0. The Morgan fingerprint density at radius 2 is 1.76 bits per heavy atom. The molecule has 0 bridgehead atoms. The van der Waals surface area contributed by atoms with Crippen LogP contribution in [0.4, 0.5) is 17.6 Å². The van der Waals surface area contributed by atoms with Gasteiger partial charge < -0.3 is 5.73 Å². The zero-order chi connectivity index (χ0) is 24.0. The van der Waals surface area contributed by atoms with Crippen molar-refractivity contribution in [2.24, 2.45) is 10.7 Å². The molecule has 5 rings (SSSR count). The van der Waals surface area contributed by atoms with Gasteiger partial charge in [0.15, 0.2) is 5.84 Å². The molecule has 3 nitrogen and oxygen atoms in total. The first kappa shape index (κ1) is 22.6. The summed E-state index contributed by atoms with van der Waals surface area (Å²) in [5.41, 5.74) is 10.0. The molecule has 1 fully saturated rings. The van der Waals surface area contributed by atoms with Gasteiger partial charge in [0, 0.05) is 23.1 Å². The summed E-state index contributed by atoms with van der Waals surface area (Å²) in [5, 5.41) is 10.0. The van der Waals surface area contributed by atoms with E-state index >= 15 is 0 Å². The van der Waals surface area contributed by atoms with Crippen LogP contribution in [0, 0.1) is 5.41 Å². The lowest BCUT2D eigenvalue weighted by atomic mass is 9.82. The fourth-order valence-corrected chi connectivity index (χ4v) is 5.28. The lowest BCUT2D eigenvalue weighted by molar-refractivity contribution is -0.127. The summed E-state index contributed by atoms with van der Waals surface area (Å²) in [6, 6.07) is 14.5. The first-order chi connectivity index (χ1) is 16.2. The van der Waals surface area contributed by atoms with Crippen molar-refractivity contribution in [3.8, 4) is 11.1 Å². The first-order valence-electron chi connectivity index (χ1n) is 11.5. The number of nitrogens with one attached hydrogen (secondary N) is 1. The van der Waals surface area contributed by atoms with Gasteiger partial charge in [-0.3, -0.25) is 5.41 Å². The van der Waals surface area contributed by atoms with E-state index in [0.29, 0.717) is 28.2 Å². The van der Waals surface area contributed by atoms with E-state index in [1.54, 1.807) is 12.1 Å². The highest BCUT2D eigenvalue weighted by molar-refractivity contribution is 6.27. The summed E-state index contributed by atoms with van der Waals surface area (Å²) in [4.78, 5) is 4.14. The van der Waals surface area contributed by atoms with Crippen molar-refractivity contribution in [2.45, 2.75) is 56.8 Å². The standard InChI is InChI=1S/C27H25F4N3/c28-26(29)27(30,31)14-15-5-4-8-19(11-15)22-20-12-17(16-6-2-1-3-7-16)9-10-18(20)13-21-23(22)25(33)34-24(21)32/h4-5,8-13,16,26H,1-3,6-7,14H2,(H3,32,33,34). The van der Waals surface area contributed by atoms with Crippen molar-refractivity contribution in [2.75, 3.05) is 0 Å². The summed E-state index contributed by atoms with van der Waals surface area (Å²) in [7, 11) is 0. The van der Waals surface area contributed by atoms with Gasteiger partial charge in [-0.25, -0.2) is 13.8 Å². The second-order valence-corrected chi connectivity index (χ2v) is 9.27. The molecule has 1 saturated carbocycles. The molecule has 3 aromatic carbocycles. The number of hydrogen-bond donors (Lipinski definition) is 2. The minimum Gasteiger partial charge on any atom is -0.383 e. The van der Waals surface area contributed by atoms with E-state index in [-0.39, 0.29) is 17.2 Å². The van der Waals surface area contributed by atoms with Crippen molar-refractivity contribution in [1.82, 2.24) is 0 Å². The predicted molar refractivity (Wildman–Crippen MR) is 127 cm³/mol. The third-order valence-corrected chi connectivity index (χ3v) is 6.96. The second-order valence-electron chi connectivity index (χ2n) is 9.27. The molecule has 3 aromatic rings. The molecule has 1 aliphatic heterocycles. The van der Waals surface area contributed by atoms with Crippen molar-refractivity contribution in [1.29, 1.82) is 5.41 Å². The number of nitrogens with zero attached hydrogens (tertiary/aromatic N) is 1. The van der Waals surface area contributed by atoms with Crippen molar-refractivity contribution in [3.63, 3.8) is 0 Å². The number of aliphatic imine (C=N–C) groups is 1. The average molecular weight is 468 g/mol. The van der Waals surface area contributed by atoms with Crippen LogP contribution in [0.2, 0.25) is 0 Å². The fraction of sp³-hybridized carbons (Fsp3) is 0.333. The summed E-state index contributed by atoms with van der Waals surface area (Å²) in [6.07, 6.45) is 1.08. The van der Waals surface area contributed by atoms with Gasteiger partial charge in [-0.1, -0.05) is 61.7 Å². The zero-order valence-corrected chi connectivity index (χ0v) is 18.6. The number of fused-ring (bicyclic) bond motifs is 2. The number of nitrogens with two attached hydrogens (primary N) is 1. The molecule has 176 valence electrons. The highest BCUT2D eigenvalue weighted by Gasteiger charge is 2.40. The Morgan fingerprint density at radius 3 is 2.50 bits per heavy atom. The molecule has 2 aliphatic rings. The lowest BCUT2D eigenvalue weighted by Gasteiger charge is -2.23. The van der Waals surface area contributed by atoms with Gasteiger partial charge in [-0.15, -0.1) is 0 Å². The van der Waals surface area contributed by atoms with Gasteiger partial charge in [-0.05, 0) is 52.3 Å². The molecule has 0 saturated heterocycles. The largest absolute Gasteiger partial charge is 0.383 e. The van der Waals surface area contributed by atoms with Crippen LogP contribution in [-0.2, 0) is 6.42 Å². The normalized spacial score (nSPS) is 16.9. The van der Waals surface area contributed by atoms with Gasteiger partial charge >= 0.3 is 12.3 Å². The van der Waals surface area contributed by atoms with Crippen LogP contribution in [0.5, 0.6) is 0 Å². The fourth-order valence-electron chi connectivity index (χ4n) is 5.28. The molecule has 34 heavy (non-hydrogen) atoms. The van der Waals surface area contributed by atoms with Gasteiger partial charge in [0.05, 0.1) is 0 Å². The molecule has 0 radical (unpaired) electrons. The molecule has 7 heteroatoms. The maximum Gasteiger partial charge on any atom is 0.311 e. The Hall–Kier alpha value is -3.22. The van der Waals surface area contributed by atoms with Crippen LogP contribution in [-0.4, -0.2) is 24.0 Å². The third kappa shape index (κ3) is 3.97. The lowest BCUT2D eigenvalue weighted by Crippen LogP contribution is -2.29. The Labute approximate surface area is 195 Å². The smallest absolute Gasteiger partial charge is 0.311 e. The van der Waals surface area contributed by atoms with Crippen LogP contribution in [0.1, 0.15) is 60.3 Å². The van der Waals surface area contributed by atoms with Crippen LogP contribution in [0.25, 0.3) is 21.9 Å². The Kier molecular flexibility index (Phi) is 5.66. The van der Waals surface area contributed by atoms with Crippen molar-refractivity contribution >= 4 is 22.4 Å². The minimum atomic E-state index is -4.11. The number of rotatable bonds is 5. The summed E-state index contributed by atoms with van der Waals surface area (Å²) in [5.74, 6) is -3.41. The number of benzene rings is 3. The highest BCUT2D eigenvalue weighted by Crippen LogP contribution is 2.41. The number of amidine groups is 2. The molecule has 0 unspecified atom stereocenters. The molecule has 0 spiro atoms. The second kappa shape index (κ2) is 8.53. The summed E-state index contributed by atoms with van der Waals surface area (Å²) >= 11 is 0.